The van der Waals surface area contributed by atoms with Crippen LogP contribution in [0.1, 0.15) is 116 Å². The second-order valence-corrected chi connectivity index (χ2v) is 23.5. The number of carbonyl (C=O) groups is 7. The van der Waals surface area contributed by atoms with Crippen LogP contribution in [0.3, 0.4) is 0 Å². The van der Waals surface area contributed by atoms with Gasteiger partial charge in [0.1, 0.15) is 48.2 Å². The monoisotopic (exact) mass is 1230 g/mol. The highest BCUT2D eigenvalue weighted by molar-refractivity contribution is 6.10. The third kappa shape index (κ3) is 15.7. The number of rotatable bonds is 22. The van der Waals surface area contributed by atoms with Crippen LogP contribution in [0, 0.1) is 5.92 Å². The minimum atomic E-state index is -4.91. The van der Waals surface area contributed by atoms with Crippen molar-refractivity contribution in [2.24, 2.45) is 18.1 Å². The molecular formula is C58H72F3N12O15+. The lowest BCUT2D eigenvalue weighted by molar-refractivity contribution is -0.960. The summed E-state index contributed by atoms with van der Waals surface area (Å²) in [6, 6.07) is 10.6. The number of nitrogens with one attached hydrogen (secondary N) is 3. The molecule has 3 fully saturated rings. The van der Waals surface area contributed by atoms with Crippen molar-refractivity contribution < 1.29 is 89.1 Å². The Bertz CT molecular complexity index is 3350. The molecule has 27 nitrogen and oxygen atoms in total. The zero-order chi connectivity index (χ0) is 63.9. The predicted molar refractivity (Wildman–Crippen MR) is 303 cm³/mol. The molecule has 3 N–H and O–H groups in total. The fourth-order valence-corrected chi connectivity index (χ4v) is 11.6. The number of hydrogen-bond donors (Lipinski definition) is 3. The van der Waals surface area contributed by atoms with Crippen molar-refractivity contribution >= 4 is 53.4 Å². The fourth-order valence-electron chi connectivity index (χ4n) is 11.6. The summed E-state index contributed by atoms with van der Waals surface area (Å²) in [5.41, 5.74) is 7.31. The number of amides is 3. The minimum Gasteiger partial charge on any atom is -0.467 e. The van der Waals surface area contributed by atoms with E-state index in [4.69, 9.17) is 48.4 Å². The molecule has 2 aromatic carbocycles. The highest BCUT2D eigenvalue weighted by Gasteiger charge is 2.56. The molecule has 7 atom stereocenters. The number of carbonyl (C=O) groups excluding carboxylic acids is 7. The molecule has 0 aliphatic carbocycles. The van der Waals surface area contributed by atoms with E-state index in [1.165, 1.54) is 23.1 Å². The van der Waals surface area contributed by atoms with E-state index < -0.39 is 102 Å². The Morgan fingerprint density at radius 3 is 2.23 bits per heavy atom. The average molecular weight is 1230 g/mol. The molecule has 0 bridgehead atoms. The van der Waals surface area contributed by atoms with E-state index in [1.54, 1.807) is 56.9 Å². The first-order valence-corrected chi connectivity index (χ1v) is 28.5. The topological polar surface area (TPSA) is 325 Å². The lowest BCUT2D eigenvalue weighted by Gasteiger charge is -2.44. The summed E-state index contributed by atoms with van der Waals surface area (Å²) < 4.78 is 93.5. The van der Waals surface area contributed by atoms with Crippen LogP contribution in [0.5, 0.6) is 5.75 Å². The van der Waals surface area contributed by atoms with Gasteiger partial charge in [-0.15, -0.1) is 10.2 Å². The van der Waals surface area contributed by atoms with E-state index in [0.29, 0.717) is 42.9 Å². The lowest BCUT2D eigenvalue weighted by atomic mass is 9.75. The summed E-state index contributed by atoms with van der Waals surface area (Å²) >= 11 is 0. The van der Waals surface area contributed by atoms with Gasteiger partial charge in [0.2, 0.25) is 12.4 Å². The van der Waals surface area contributed by atoms with E-state index in [9.17, 15) is 33.6 Å². The molecule has 1 unspecified atom stereocenters. The van der Waals surface area contributed by atoms with Crippen LogP contribution in [-0.4, -0.2) is 162 Å². The Morgan fingerprint density at radius 1 is 0.909 bits per heavy atom. The van der Waals surface area contributed by atoms with Crippen molar-refractivity contribution in [2.75, 3.05) is 69.8 Å². The Balaban J connectivity index is 1.15. The van der Waals surface area contributed by atoms with Gasteiger partial charge in [-0.25, -0.2) is 14.6 Å². The normalized spacial score (nSPS) is 22.2. The maximum atomic E-state index is 15.6. The van der Waals surface area contributed by atoms with Gasteiger partial charge in [0.05, 0.1) is 51.1 Å². The molecule has 88 heavy (non-hydrogen) atoms. The molecule has 30 heteroatoms. The number of anilines is 2. The minimum absolute atomic E-state index is 0.0115. The molecule has 4 aliphatic heterocycles. The van der Waals surface area contributed by atoms with Crippen LogP contribution in [0.2, 0.25) is 0 Å². The standard InChI is InChI=1S/C58H71F3N12O15/c1-32-11-10-18-73(26-32,28-37-20-39-41(42(21-37)58(59,60)61)25-72(52(39)78)45-23-38(22-44(68-45)63-16-17-66-70-62)57(29-82-30-57)24-46-69-67-31-71(46)8)27-36-12-13-43(40(19-36)51(77)64-14-15-65-55(80)88-56(5,6)7)86-54-50(85-35(4)76)48(84-34(3)75)47(83-33(2)74)49(87-54)53(79)81-9/h12-13,19-23,31-32,47-50,54H,10-11,14-18,24-30H2,1-9H3,(H2-,63,64,65,68,77,80)/p+1/t32-,47-,48-,49-,50+,54+,73?/m0/s1. The second kappa shape index (κ2) is 27.2. The van der Waals surface area contributed by atoms with Gasteiger partial charge in [-0.2, -0.15) is 13.2 Å². The molecule has 4 aromatic rings. The van der Waals surface area contributed by atoms with E-state index in [1.807, 2.05) is 6.92 Å². The highest BCUT2D eigenvalue weighted by atomic mass is 19.4. The van der Waals surface area contributed by atoms with Crippen LogP contribution < -0.4 is 25.6 Å². The maximum absolute atomic E-state index is 15.6. The van der Waals surface area contributed by atoms with Crippen LogP contribution in [-0.2, 0) is 97.0 Å². The highest BCUT2D eigenvalue weighted by Crippen LogP contribution is 2.44. The number of benzene rings is 2. The second-order valence-electron chi connectivity index (χ2n) is 23.5. The number of quaternary nitrogens is 1. The van der Waals surface area contributed by atoms with E-state index in [2.05, 4.69) is 36.2 Å². The van der Waals surface area contributed by atoms with E-state index in [-0.39, 0.29) is 103 Å². The number of pyridine rings is 1. The molecule has 0 saturated carbocycles. The number of alkyl carbamates (subject to hydrolysis) is 1. The Morgan fingerprint density at radius 2 is 1.60 bits per heavy atom. The number of methoxy groups -OCH3 is 1. The first kappa shape index (κ1) is 65.4. The van der Waals surface area contributed by atoms with Crippen molar-refractivity contribution in [3.05, 3.63) is 104 Å². The number of esters is 4. The number of hydrogen-bond acceptors (Lipinski definition) is 20. The summed E-state index contributed by atoms with van der Waals surface area (Å²) in [5, 5.41) is 20.3. The van der Waals surface area contributed by atoms with Crippen molar-refractivity contribution in [1.82, 2.24) is 30.4 Å². The number of ether oxygens (including phenoxy) is 8. The zero-order valence-corrected chi connectivity index (χ0v) is 50.3. The molecule has 0 spiro atoms. The number of aryl methyl sites for hydroxylation is 1. The number of fused-ring (bicyclic) bond motifs is 1. The summed E-state index contributed by atoms with van der Waals surface area (Å²) in [4.78, 5) is 102. The predicted octanol–water partition coefficient (Wildman–Crippen LogP) is 5.90. The molecule has 6 heterocycles. The third-order valence-corrected chi connectivity index (χ3v) is 15.3. The molecule has 8 rings (SSSR count). The van der Waals surface area contributed by atoms with E-state index >= 15 is 13.2 Å². The Labute approximate surface area is 504 Å². The van der Waals surface area contributed by atoms with Crippen LogP contribution in [0.4, 0.5) is 29.6 Å². The van der Waals surface area contributed by atoms with Gasteiger partial charge in [0.25, 0.3) is 11.8 Å². The number of likely N-dealkylation sites (tertiary alicyclic amines) is 1. The average Bonchev–Trinajstić information content (AvgIpc) is 1.45. The summed E-state index contributed by atoms with van der Waals surface area (Å²) in [7, 11) is 2.82. The Hall–Kier alpha value is -8.60. The molecule has 2 aromatic heterocycles. The van der Waals surface area contributed by atoms with Crippen LogP contribution in [0.25, 0.3) is 10.4 Å². The first-order valence-electron chi connectivity index (χ1n) is 28.5. The number of azide groups is 1. The SMILES string of the molecule is COC(=O)[C@H]1O[C@@H](Oc2ccc(C[N+]3(Cc4cc5c(c(C(F)(F)F)c4)CN(c4cc(C6(Cc7nncn7C)COC6)cc(NCCN=[N+]=[N-])n4)C5=O)CCC[C@H](C)C3)cc2C(=O)NCCNC(=O)OC(C)(C)C)[C@H](OC(C)=O)[C@@H](OC(C)=O)[C@@H]1OC(C)=O. The van der Waals surface area contributed by atoms with Crippen LogP contribution >= 0.6 is 0 Å². The van der Waals surface area contributed by atoms with Crippen molar-refractivity contribution in [3.63, 3.8) is 0 Å². The van der Waals surface area contributed by atoms with Crippen molar-refractivity contribution in [3.8, 4) is 5.75 Å². The molecule has 4 aliphatic rings. The number of halogens is 3. The largest absolute Gasteiger partial charge is 0.467 e. The van der Waals surface area contributed by atoms with Gasteiger partial charge in [0, 0.05) is 93.4 Å². The molecule has 3 saturated heterocycles. The van der Waals surface area contributed by atoms with E-state index in [0.717, 1.165) is 40.4 Å². The Kier molecular flexibility index (Phi) is 20.2. The van der Waals surface area contributed by atoms with Crippen molar-refractivity contribution in [1.29, 1.82) is 0 Å². The van der Waals surface area contributed by atoms with Crippen molar-refractivity contribution in [2.45, 2.75) is 135 Å². The van der Waals surface area contributed by atoms with Crippen LogP contribution in [0.15, 0.2) is 53.9 Å². The fraction of sp³-hybridized carbons (Fsp3) is 0.552. The van der Waals surface area contributed by atoms with Gasteiger partial charge in [-0.1, -0.05) is 12.0 Å². The molecule has 3 amide bonds. The number of aromatic nitrogens is 4. The molecule has 0 radical (unpaired) electrons. The zero-order valence-electron chi connectivity index (χ0n) is 50.3. The van der Waals surface area contributed by atoms with Gasteiger partial charge in [-0.05, 0) is 92.7 Å². The number of piperidine rings is 1. The smallest absolute Gasteiger partial charge is 0.416 e. The lowest BCUT2D eigenvalue weighted by Crippen LogP contribution is -2.64. The summed E-state index contributed by atoms with van der Waals surface area (Å²) in [5.74, 6) is -4.52. The first-order chi connectivity index (χ1) is 41.6. The molecule has 474 valence electrons. The molecular weight excluding hydrogens is 1160 g/mol. The quantitative estimate of drug-likeness (QED) is 0.0157. The number of alkyl halides is 3. The van der Waals surface area contributed by atoms with Gasteiger partial charge in [-0.3, -0.25) is 28.9 Å². The summed E-state index contributed by atoms with van der Waals surface area (Å²) in [6.07, 6.45) is -11.1. The summed E-state index contributed by atoms with van der Waals surface area (Å²) in [6.45, 7) is 11.3. The third-order valence-electron chi connectivity index (χ3n) is 15.3. The number of nitrogens with zero attached hydrogens (tertiary/aromatic N) is 9. The van der Waals surface area contributed by atoms with Gasteiger partial charge < -0.3 is 62.9 Å². The maximum Gasteiger partial charge on any atom is 0.416 e. The van der Waals surface area contributed by atoms with Gasteiger partial charge in [0.15, 0.2) is 18.3 Å². The van der Waals surface area contributed by atoms with Gasteiger partial charge >= 0.3 is 36.1 Å².